The third-order valence-electron chi connectivity index (χ3n) is 1.67. The fraction of sp³-hybridized carbons (Fsp3) is 0.143. The fourth-order valence-corrected chi connectivity index (χ4v) is 0.917. The number of rotatable bonds is 1. The molecule has 0 aliphatic heterocycles. The lowest BCUT2D eigenvalue weighted by atomic mass is 10.1. The van der Waals surface area contributed by atoms with Crippen LogP contribution in [0.5, 0.6) is 5.75 Å². The third-order valence-corrected chi connectivity index (χ3v) is 1.67. The smallest absolute Gasteiger partial charge is 0.344 e. The molecule has 0 fully saturated rings. The molecule has 14 heavy (non-hydrogen) atoms. The first-order valence-electron chi connectivity index (χ1n) is 3.38. The summed E-state index contributed by atoms with van der Waals surface area (Å²) in [4.78, 5) is 8.79. The number of phenols is 1. The number of phenolic OH excluding ortho intramolecular Hbond substituents is 1. The zero-order valence-electron chi connectivity index (χ0n) is 6.84. The van der Waals surface area contributed by atoms with E-state index in [0.29, 0.717) is 0 Å². The van der Waals surface area contributed by atoms with Crippen LogP contribution in [0.25, 0.3) is 0 Å². The molecule has 0 aliphatic rings. The van der Waals surface area contributed by atoms with Gasteiger partial charge in [0.25, 0.3) is 0 Å². The summed E-state index contributed by atoms with van der Waals surface area (Å²) in [5.41, 5.74) is -2.35. The highest BCUT2D eigenvalue weighted by molar-refractivity contribution is 5.46. The van der Waals surface area contributed by atoms with Gasteiger partial charge in [-0.1, -0.05) is 0 Å². The van der Waals surface area contributed by atoms with E-state index in [4.69, 9.17) is 5.11 Å². The van der Waals surface area contributed by atoms with Crippen molar-refractivity contribution >= 4 is 5.69 Å². The predicted octanol–water partition coefficient (Wildman–Crippen LogP) is 2.03. The Kier molecular flexibility index (Phi) is 2.33. The lowest BCUT2D eigenvalue weighted by Crippen LogP contribution is -2.02. The molecule has 0 heterocycles. The summed E-state index contributed by atoms with van der Waals surface area (Å²) < 4.78 is 38.4. The van der Waals surface area contributed by atoms with Crippen molar-refractivity contribution < 1.29 is 23.2 Å². The molecule has 0 aromatic heterocycles. The van der Waals surface area contributed by atoms with Gasteiger partial charge in [0, 0.05) is 5.56 Å². The van der Waals surface area contributed by atoms with E-state index >= 15 is 0 Å². The van der Waals surface area contributed by atoms with Gasteiger partial charge in [0.2, 0.25) is 11.6 Å². The summed E-state index contributed by atoms with van der Waals surface area (Å²) in [6.07, 6.45) is 0. The highest BCUT2D eigenvalue weighted by Crippen LogP contribution is 2.33. The monoisotopic (exact) mass is 207 g/mol. The van der Waals surface area contributed by atoms with Gasteiger partial charge in [-0.3, -0.25) is 10.1 Å². The van der Waals surface area contributed by atoms with Crippen molar-refractivity contribution in [1.82, 2.24) is 0 Å². The number of nitrogens with zero attached hydrogens (tertiary/aromatic N) is 1. The standard InChI is InChI=1S/C7H4F3NO3/c1-2-3(8)6(11(13)14)5(10)7(12)4(2)9/h12H,1H3. The number of aromatic hydroxyl groups is 1. The SMILES string of the molecule is Cc1c(F)c(O)c(F)c([N+](=O)[O-])c1F. The van der Waals surface area contributed by atoms with Crippen LogP contribution in [0.15, 0.2) is 0 Å². The minimum Gasteiger partial charge on any atom is -0.503 e. The van der Waals surface area contributed by atoms with Gasteiger partial charge < -0.3 is 5.11 Å². The molecule has 1 rings (SSSR count). The molecule has 1 N–H and O–H groups in total. The van der Waals surface area contributed by atoms with Gasteiger partial charge in [0.05, 0.1) is 4.92 Å². The molecule has 7 heteroatoms. The Hall–Kier alpha value is -1.79. The number of nitro groups is 1. The molecular formula is C7H4F3NO3. The second-order valence-electron chi connectivity index (χ2n) is 2.52. The molecule has 0 radical (unpaired) electrons. The van der Waals surface area contributed by atoms with E-state index in [1.807, 2.05) is 0 Å². The fourth-order valence-electron chi connectivity index (χ4n) is 0.917. The van der Waals surface area contributed by atoms with Crippen molar-refractivity contribution in [2.75, 3.05) is 0 Å². The molecule has 0 bridgehead atoms. The van der Waals surface area contributed by atoms with Crippen LogP contribution >= 0.6 is 0 Å². The van der Waals surface area contributed by atoms with Crippen molar-refractivity contribution in [3.63, 3.8) is 0 Å². The predicted molar refractivity (Wildman–Crippen MR) is 39.4 cm³/mol. The first-order chi connectivity index (χ1) is 6.37. The summed E-state index contributed by atoms with van der Waals surface area (Å²) >= 11 is 0. The first-order valence-corrected chi connectivity index (χ1v) is 3.38. The largest absolute Gasteiger partial charge is 0.503 e. The van der Waals surface area contributed by atoms with Gasteiger partial charge >= 0.3 is 5.69 Å². The third kappa shape index (κ3) is 1.26. The molecule has 0 saturated carbocycles. The first kappa shape index (κ1) is 10.3. The Bertz CT molecular complexity index is 390. The van der Waals surface area contributed by atoms with Gasteiger partial charge in [0.15, 0.2) is 11.6 Å². The molecule has 0 saturated heterocycles. The quantitative estimate of drug-likeness (QED) is 0.566. The van der Waals surface area contributed by atoms with Crippen LogP contribution in [0.1, 0.15) is 5.56 Å². The van der Waals surface area contributed by atoms with Crippen molar-refractivity contribution in [3.05, 3.63) is 33.1 Å². The van der Waals surface area contributed by atoms with Crippen molar-refractivity contribution in [3.8, 4) is 5.75 Å². The van der Waals surface area contributed by atoms with Crippen LogP contribution in [0.2, 0.25) is 0 Å². The number of nitro benzene ring substituents is 1. The maximum atomic E-state index is 12.9. The van der Waals surface area contributed by atoms with Gasteiger partial charge in [-0.2, -0.15) is 8.78 Å². The minimum absolute atomic E-state index is 0.796. The Balaban J connectivity index is 3.68. The van der Waals surface area contributed by atoms with E-state index in [1.165, 1.54) is 0 Å². The van der Waals surface area contributed by atoms with E-state index < -0.39 is 39.4 Å². The Morgan fingerprint density at radius 1 is 1.21 bits per heavy atom. The van der Waals surface area contributed by atoms with Crippen molar-refractivity contribution in [2.24, 2.45) is 0 Å². The van der Waals surface area contributed by atoms with Crippen LogP contribution in [-0.2, 0) is 0 Å². The molecule has 76 valence electrons. The molecule has 1 aromatic carbocycles. The van der Waals surface area contributed by atoms with E-state index in [9.17, 15) is 23.3 Å². The molecular weight excluding hydrogens is 203 g/mol. The average Bonchev–Trinajstić information content (AvgIpc) is 2.11. The zero-order chi connectivity index (χ0) is 11.0. The zero-order valence-corrected chi connectivity index (χ0v) is 6.84. The minimum atomic E-state index is -1.91. The van der Waals surface area contributed by atoms with E-state index in [2.05, 4.69) is 0 Å². The lowest BCUT2D eigenvalue weighted by molar-refractivity contribution is -0.390. The average molecular weight is 207 g/mol. The summed E-state index contributed by atoms with van der Waals surface area (Å²) in [5, 5.41) is 18.9. The highest BCUT2D eigenvalue weighted by atomic mass is 19.1. The highest BCUT2D eigenvalue weighted by Gasteiger charge is 2.30. The number of halogens is 3. The van der Waals surface area contributed by atoms with Crippen LogP contribution in [0.4, 0.5) is 18.9 Å². The number of benzene rings is 1. The molecule has 1 aromatic rings. The Morgan fingerprint density at radius 3 is 2.14 bits per heavy atom. The van der Waals surface area contributed by atoms with Crippen LogP contribution in [0.3, 0.4) is 0 Å². The normalized spacial score (nSPS) is 10.3. The summed E-state index contributed by atoms with van der Waals surface area (Å²) in [5.74, 6) is -6.61. The van der Waals surface area contributed by atoms with Crippen LogP contribution in [0, 0.1) is 34.5 Å². The summed E-state index contributed by atoms with van der Waals surface area (Å²) in [7, 11) is 0. The van der Waals surface area contributed by atoms with E-state index in [0.717, 1.165) is 6.92 Å². The van der Waals surface area contributed by atoms with Gasteiger partial charge in [-0.15, -0.1) is 0 Å². The molecule has 0 atom stereocenters. The maximum Gasteiger partial charge on any atom is 0.344 e. The van der Waals surface area contributed by atoms with Crippen molar-refractivity contribution in [1.29, 1.82) is 0 Å². The van der Waals surface area contributed by atoms with Gasteiger partial charge in [-0.25, -0.2) is 4.39 Å². The second-order valence-corrected chi connectivity index (χ2v) is 2.52. The Labute approximate surface area is 75.7 Å². The molecule has 4 nitrogen and oxygen atoms in total. The summed E-state index contributed by atoms with van der Waals surface area (Å²) in [6.45, 7) is 0.858. The molecule has 0 aliphatic carbocycles. The molecule has 0 spiro atoms. The van der Waals surface area contributed by atoms with Crippen LogP contribution < -0.4 is 0 Å². The second kappa shape index (κ2) is 3.17. The number of hydrogen-bond acceptors (Lipinski definition) is 3. The summed E-state index contributed by atoms with van der Waals surface area (Å²) in [6, 6.07) is 0. The van der Waals surface area contributed by atoms with Gasteiger partial charge in [-0.05, 0) is 6.92 Å². The number of hydrogen-bond donors (Lipinski definition) is 1. The maximum absolute atomic E-state index is 12.9. The van der Waals surface area contributed by atoms with Crippen LogP contribution in [-0.4, -0.2) is 10.0 Å². The van der Waals surface area contributed by atoms with Gasteiger partial charge in [0.1, 0.15) is 0 Å². The Morgan fingerprint density at radius 2 is 1.71 bits per heavy atom. The molecule has 0 unspecified atom stereocenters. The van der Waals surface area contributed by atoms with E-state index in [-0.39, 0.29) is 0 Å². The lowest BCUT2D eigenvalue weighted by Gasteiger charge is -2.03. The molecule has 0 amide bonds. The topological polar surface area (TPSA) is 63.4 Å². The van der Waals surface area contributed by atoms with Crippen molar-refractivity contribution in [2.45, 2.75) is 6.92 Å². The van der Waals surface area contributed by atoms with E-state index in [1.54, 1.807) is 0 Å².